The van der Waals surface area contributed by atoms with Crippen molar-refractivity contribution in [2.75, 3.05) is 5.32 Å². The van der Waals surface area contributed by atoms with E-state index in [0.717, 1.165) is 0 Å². The first-order chi connectivity index (χ1) is 12.6. The highest BCUT2D eigenvalue weighted by atomic mass is 16.6. The van der Waals surface area contributed by atoms with Gasteiger partial charge in [0.15, 0.2) is 11.4 Å². The van der Waals surface area contributed by atoms with Crippen LogP contribution in [0.15, 0.2) is 65.6 Å². The van der Waals surface area contributed by atoms with Crippen LogP contribution in [0.25, 0.3) is 0 Å². The second-order valence-corrected chi connectivity index (χ2v) is 5.21. The van der Waals surface area contributed by atoms with Crippen LogP contribution in [0.5, 0.6) is 23.0 Å². The number of hydrogen-bond acceptors (Lipinski definition) is 6. The Morgan fingerprint density at radius 2 is 1.81 bits per heavy atom. The molecule has 3 aromatic rings. The van der Waals surface area contributed by atoms with Gasteiger partial charge in [0.25, 0.3) is 5.91 Å². The molecule has 0 atom stereocenters. The molecule has 1 aromatic heterocycles. The molecule has 0 aliphatic carbocycles. The summed E-state index contributed by atoms with van der Waals surface area (Å²) in [6, 6.07) is 14.1. The number of benzene rings is 2. The summed E-state index contributed by atoms with van der Waals surface area (Å²) in [6.45, 7) is 0. The van der Waals surface area contributed by atoms with Gasteiger partial charge >= 0.3 is 0 Å². The van der Waals surface area contributed by atoms with E-state index in [-0.39, 0.29) is 17.2 Å². The maximum atomic E-state index is 12.5. The fourth-order valence-corrected chi connectivity index (χ4v) is 2.24. The number of pyridine rings is 1. The van der Waals surface area contributed by atoms with Crippen molar-refractivity contribution in [3.63, 3.8) is 0 Å². The summed E-state index contributed by atoms with van der Waals surface area (Å²) in [5.74, 6) is 5.13. The Labute approximate surface area is 147 Å². The van der Waals surface area contributed by atoms with Gasteiger partial charge < -0.3 is 25.0 Å². The number of rotatable bonds is 5. The van der Waals surface area contributed by atoms with Gasteiger partial charge in [0.2, 0.25) is 11.2 Å². The summed E-state index contributed by atoms with van der Waals surface area (Å²) in [7, 11) is 0. The molecule has 5 N–H and O–H groups in total. The first-order valence-electron chi connectivity index (χ1n) is 7.54. The quantitative estimate of drug-likeness (QED) is 0.522. The van der Waals surface area contributed by atoms with Crippen molar-refractivity contribution in [3.05, 3.63) is 76.7 Å². The summed E-state index contributed by atoms with van der Waals surface area (Å²) in [6.07, 6.45) is 1.32. The molecular weight excluding hydrogens is 338 g/mol. The van der Waals surface area contributed by atoms with Gasteiger partial charge in [0, 0.05) is 12.3 Å². The molecule has 1 amide bonds. The SMILES string of the molecule is NOc1c(C(=O)Nc2ccccc2Oc2ccc(O)cc2)[nH]ccc1=O. The van der Waals surface area contributed by atoms with E-state index < -0.39 is 11.3 Å². The highest BCUT2D eigenvalue weighted by Crippen LogP contribution is 2.30. The number of amides is 1. The van der Waals surface area contributed by atoms with Crippen LogP contribution < -0.4 is 26.2 Å². The maximum Gasteiger partial charge on any atom is 0.276 e. The lowest BCUT2D eigenvalue weighted by Crippen LogP contribution is -2.22. The van der Waals surface area contributed by atoms with Crippen LogP contribution in [0, 0.1) is 0 Å². The van der Waals surface area contributed by atoms with Crippen LogP contribution in [0.1, 0.15) is 10.5 Å². The van der Waals surface area contributed by atoms with Crippen LogP contribution in [-0.4, -0.2) is 16.0 Å². The lowest BCUT2D eigenvalue weighted by atomic mass is 10.2. The number of phenolic OH excluding ortho intramolecular Hbond substituents is 1. The molecule has 8 nitrogen and oxygen atoms in total. The molecule has 0 fully saturated rings. The van der Waals surface area contributed by atoms with Crippen molar-refractivity contribution in [2.45, 2.75) is 0 Å². The number of aromatic amines is 1. The molecule has 0 bridgehead atoms. The normalized spacial score (nSPS) is 10.2. The Balaban J connectivity index is 1.87. The number of aromatic nitrogens is 1. The number of ether oxygens (including phenoxy) is 1. The lowest BCUT2D eigenvalue weighted by molar-refractivity contribution is 0.101. The van der Waals surface area contributed by atoms with Crippen molar-refractivity contribution in [2.24, 2.45) is 5.90 Å². The topological polar surface area (TPSA) is 127 Å². The largest absolute Gasteiger partial charge is 0.508 e. The van der Waals surface area contributed by atoms with Crippen molar-refractivity contribution in [1.29, 1.82) is 0 Å². The van der Waals surface area contributed by atoms with Gasteiger partial charge in [-0.05, 0) is 36.4 Å². The molecule has 0 aliphatic rings. The van der Waals surface area contributed by atoms with Gasteiger partial charge in [-0.25, -0.2) is 0 Å². The van der Waals surface area contributed by atoms with Crippen LogP contribution in [0.4, 0.5) is 5.69 Å². The minimum Gasteiger partial charge on any atom is -0.508 e. The first-order valence-corrected chi connectivity index (χ1v) is 7.54. The van der Waals surface area contributed by atoms with E-state index in [1.807, 2.05) is 0 Å². The number of carbonyl (C=O) groups excluding carboxylic acids is 1. The van der Waals surface area contributed by atoms with Crippen LogP contribution >= 0.6 is 0 Å². The summed E-state index contributed by atoms with van der Waals surface area (Å²) in [5.41, 5.74) is -0.261. The molecular formula is C18H15N3O5. The minimum absolute atomic E-state index is 0.112. The predicted octanol–water partition coefficient (Wildman–Crippen LogP) is 2.38. The summed E-state index contributed by atoms with van der Waals surface area (Å²) < 4.78 is 5.73. The average Bonchev–Trinajstić information content (AvgIpc) is 2.65. The van der Waals surface area contributed by atoms with E-state index in [4.69, 9.17) is 10.6 Å². The average molecular weight is 353 g/mol. The van der Waals surface area contributed by atoms with E-state index >= 15 is 0 Å². The molecule has 0 spiro atoms. The molecule has 2 aromatic carbocycles. The van der Waals surface area contributed by atoms with Gasteiger partial charge in [-0.15, -0.1) is 0 Å². The number of nitrogens with two attached hydrogens (primary N) is 1. The van der Waals surface area contributed by atoms with Crippen molar-refractivity contribution < 1.29 is 19.5 Å². The minimum atomic E-state index is -0.620. The second kappa shape index (κ2) is 7.41. The number of para-hydroxylation sites is 2. The standard InChI is InChI=1S/C18H15N3O5/c19-26-17-14(23)9-10-20-16(17)18(24)21-13-3-1-2-4-15(13)25-12-7-5-11(22)6-8-12/h1-10,22H,19H2,(H,20,23)(H,21,24). The number of nitrogens with one attached hydrogen (secondary N) is 2. The lowest BCUT2D eigenvalue weighted by Gasteiger charge is -2.13. The summed E-state index contributed by atoms with van der Waals surface area (Å²) >= 11 is 0. The Hall–Kier alpha value is -3.78. The van der Waals surface area contributed by atoms with Gasteiger partial charge in [0.05, 0.1) is 5.69 Å². The monoisotopic (exact) mass is 353 g/mol. The van der Waals surface area contributed by atoms with Gasteiger partial charge in [-0.2, -0.15) is 5.90 Å². The number of aromatic hydroxyl groups is 1. The van der Waals surface area contributed by atoms with E-state index in [1.54, 1.807) is 36.4 Å². The number of phenols is 1. The number of H-pyrrole nitrogens is 1. The zero-order chi connectivity index (χ0) is 18.5. The molecule has 3 rings (SSSR count). The smallest absolute Gasteiger partial charge is 0.276 e. The van der Waals surface area contributed by atoms with Crippen LogP contribution in [0.2, 0.25) is 0 Å². The van der Waals surface area contributed by atoms with Crippen molar-refractivity contribution in [3.8, 4) is 23.0 Å². The van der Waals surface area contributed by atoms with E-state index in [1.165, 1.54) is 24.4 Å². The third-order valence-electron chi connectivity index (χ3n) is 3.46. The molecule has 8 heteroatoms. The summed E-state index contributed by atoms with van der Waals surface area (Å²) in [5, 5.41) is 12.0. The zero-order valence-corrected chi connectivity index (χ0v) is 13.4. The first kappa shape index (κ1) is 17.1. The fraction of sp³-hybridized carbons (Fsp3) is 0. The Morgan fingerprint density at radius 1 is 1.08 bits per heavy atom. The zero-order valence-electron chi connectivity index (χ0n) is 13.4. The van der Waals surface area contributed by atoms with E-state index in [0.29, 0.717) is 17.2 Å². The van der Waals surface area contributed by atoms with Crippen molar-refractivity contribution >= 4 is 11.6 Å². The van der Waals surface area contributed by atoms with E-state index in [2.05, 4.69) is 15.1 Å². The molecule has 0 unspecified atom stereocenters. The number of hydrogen-bond donors (Lipinski definition) is 4. The molecule has 0 aliphatic heterocycles. The third-order valence-corrected chi connectivity index (χ3v) is 3.46. The molecule has 0 saturated carbocycles. The van der Waals surface area contributed by atoms with Gasteiger partial charge in [0.1, 0.15) is 11.5 Å². The molecule has 132 valence electrons. The summed E-state index contributed by atoms with van der Waals surface area (Å²) in [4.78, 5) is 31.4. The fourth-order valence-electron chi connectivity index (χ4n) is 2.24. The Morgan fingerprint density at radius 3 is 2.54 bits per heavy atom. The van der Waals surface area contributed by atoms with E-state index in [9.17, 15) is 14.7 Å². The van der Waals surface area contributed by atoms with Crippen molar-refractivity contribution in [1.82, 2.24) is 4.98 Å². The number of carbonyl (C=O) groups is 1. The predicted molar refractivity (Wildman–Crippen MR) is 94.5 cm³/mol. The third kappa shape index (κ3) is 3.65. The van der Waals surface area contributed by atoms with Gasteiger partial charge in [-0.1, -0.05) is 12.1 Å². The highest BCUT2D eigenvalue weighted by molar-refractivity contribution is 6.05. The Bertz CT molecular complexity index is 983. The highest BCUT2D eigenvalue weighted by Gasteiger charge is 2.18. The molecule has 0 radical (unpaired) electrons. The second-order valence-electron chi connectivity index (χ2n) is 5.21. The van der Waals surface area contributed by atoms with Crippen LogP contribution in [-0.2, 0) is 0 Å². The molecule has 26 heavy (non-hydrogen) atoms. The van der Waals surface area contributed by atoms with Crippen LogP contribution in [0.3, 0.4) is 0 Å². The van der Waals surface area contributed by atoms with Gasteiger partial charge in [-0.3, -0.25) is 9.59 Å². The maximum absolute atomic E-state index is 12.5. The molecule has 0 saturated heterocycles. The Kier molecular flexibility index (Phi) is 4.86. The molecule has 1 heterocycles. The number of anilines is 1.